The van der Waals surface area contributed by atoms with Crippen LogP contribution in [0.1, 0.15) is 22.5 Å². The first-order valence-corrected chi connectivity index (χ1v) is 11.0. The first kappa shape index (κ1) is 25.6. The van der Waals surface area contributed by atoms with E-state index in [1.807, 2.05) is 0 Å². The number of esters is 1. The lowest BCUT2D eigenvalue weighted by Gasteiger charge is -2.15. The number of methoxy groups -OCH3 is 1. The van der Waals surface area contributed by atoms with E-state index in [0.717, 1.165) is 17.7 Å². The molecule has 4 aromatic rings. The van der Waals surface area contributed by atoms with Gasteiger partial charge in [-0.3, -0.25) is 4.79 Å². The standard InChI is InChI=1S/C28H21F3O6/c1-16-4-5-17(2)22(14-16)36-26-25(33)21-12-11-20(15-23(21)37-27(26)28(29,30)31)35-24(32)13-8-18-6-9-19(34-3)10-7-18/h4-15H,1-3H3/b13-8+. The highest BCUT2D eigenvalue weighted by Crippen LogP contribution is 2.39. The highest BCUT2D eigenvalue weighted by atomic mass is 19.4. The largest absolute Gasteiger partial charge is 0.497 e. The predicted molar refractivity (Wildman–Crippen MR) is 131 cm³/mol. The molecule has 0 radical (unpaired) electrons. The topological polar surface area (TPSA) is 75.0 Å². The first-order chi connectivity index (χ1) is 17.5. The van der Waals surface area contributed by atoms with E-state index < -0.39 is 34.7 Å². The lowest BCUT2D eigenvalue weighted by molar-refractivity contribution is -0.154. The maximum Gasteiger partial charge on any atom is 0.453 e. The zero-order valence-corrected chi connectivity index (χ0v) is 20.0. The van der Waals surface area contributed by atoms with Crippen LogP contribution >= 0.6 is 0 Å². The van der Waals surface area contributed by atoms with E-state index >= 15 is 0 Å². The van der Waals surface area contributed by atoms with Gasteiger partial charge in [-0.25, -0.2) is 4.79 Å². The molecule has 0 aliphatic rings. The van der Waals surface area contributed by atoms with Crippen molar-refractivity contribution in [3.05, 3.63) is 99.4 Å². The number of benzene rings is 3. The van der Waals surface area contributed by atoms with E-state index in [2.05, 4.69) is 0 Å². The van der Waals surface area contributed by atoms with Gasteiger partial charge in [0.1, 0.15) is 22.8 Å². The number of carbonyl (C=O) groups is 1. The van der Waals surface area contributed by atoms with Crippen molar-refractivity contribution in [3.63, 3.8) is 0 Å². The fourth-order valence-electron chi connectivity index (χ4n) is 3.46. The van der Waals surface area contributed by atoms with Crippen molar-refractivity contribution in [2.45, 2.75) is 20.0 Å². The van der Waals surface area contributed by atoms with Gasteiger partial charge in [-0.15, -0.1) is 0 Å². The summed E-state index contributed by atoms with van der Waals surface area (Å²) < 4.78 is 62.3. The minimum absolute atomic E-state index is 0.101. The Labute approximate surface area is 209 Å². The van der Waals surface area contributed by atoms with Crippen LogP contribution in [0.25, 0.3) is 17.0 Å². The molecule has 1 aromatic heterocycles. The molecule has 0 atom stereocenters. The number of fused-ring (bicyclic) bond motifs is 1. The van der Waals surface area contributed by atoms with Gasteiger partial charge in [-0.2, -0.15) is 13.2 Å². The minimum atomic E-state index is -5.02. The zero-order valence-electron chi connectivity index (χ0n) is 20.0. The molecular weight excluding hydrogens is 489 g/mol. The van der Waals surface area contributed by atoms with Gasteiger partial charge in [0.15, 0.2) is 0 Å². The van der Waals surface area contributed by atoms with E-state index in [1.54, 1.807) is 50.2 Å². The molecule has 0 saturated carbocycles. The maximum atomic E-state index is 13.8. The molecule has 0 unspecified atom stereocenters. The van der Waals surface area contributed by atoms with Crippen molar-refractivity contribution in [3.8, 4) is 23.0 Å². The highest BCUT2D eigenvalue weighted by molar-refractivity contribution is 5.89. The van der Waals surface area contributed by atoms with Crippen LogP contribution in [0.5, 0.6) is 23.0 Å². The Balaban J connectivity index is 1.65. The average Bonchev–Trinajstić information content (AvgIpc) is 2.86. The van der Waals surface area contributed by atoms with Crippen LogP contribution < -0.4 is 19.6 Å². The third kappa shape index (κ3) is 5.83. The van der Waals surface area contributed by atoms with E-state index in [9.17, 15) is 22.8 Å². The molecule has 0 N–H and O–H groups in total. The smallest absolute Gasteiger partial charge is 0.453 e. The number of halogens is 3. The third-order valence-electron chi connectivity index (χ3n) is 5.38. The Morgan fingerprint density at radius 3 is 2.32 bits per heavy atom. The van der Waals surface area contributed by atoms with Crippen LogP contribution in [0, 0.1) is 13.8 Å². The number of ether oxygens (including phenoxy) is 3. The minimum Gasteiger partial charge on any atom is -0.497 e. The Morgan fingerprint density at radius 1 is 0.946 bits per heavy atom. The van der Waals surface area contributed by atoms with Crippen molar-refractivity contribution in [2.24, 2.45) is 0 Å². The molecule has 0 aliphatic carbocycles. The quantitative estimate of drug-likeness (QED) is 0.160. The lowest BCUT2D eigenvalue weighted by Crippen LogP contribution is -2.16. The van der Waals surface area contributed by atoms with Gasteiger partial charge in [0.05, 0.1) is 12.5 Å². The number of hydrogen-bond acceptors (Lipinski definition) is 6. The Kier molecular flexibility index (Phi) is 7.06. The molecule has 0 saturated heterocycles. The average molecular weight is 510 g/mol. The summed E-state index contributed by atoms with van der Waals surface area (Å²) in [5.74, 6) is -2.68. The normalized spacial score (nSPS) is 11.6. The Bertz CT molecular complexity index is 1550. The predicted octanol–water partition coefficient (Wildman–Crippen LogP) is 6.85. The van der Waals surface area contributed by atoms with E-state index in [4.69, 9.17) is 18.6 Å². The van der Waals surface area contributed by atoms with Gasteiger partial charge < -0.3 is 18.6 Å². The molecule has 37 heavy (non-hydrogen) atoms. The van der Waals surface area contributed by atoms with Crippen LogP contribution in [-0.2, 0) is 11.0 Å². The van der Waals surface area contributed by atoms with Crippen molar-refractivity contribution < 1.29 is 36.6 Å². The summed E-state index contributed by atoms with van der Waals surface area (Å²) >= 11 is 0. The molecule has 190 valence electrons. The second-order valence-electron chi connectivity index (χ2n) is 8.14. The van der Waals surface area contributed by atoms with Crippen LogP contribution in [0.4, 0.5) is 13.2 Å². The number of alkyl halides is 3. The van der Waals surface area contributed by atoms with E-state index in [1.165, 1.54) is 31.4 Å². The zero-order chi connectivity index (χ0) is 26.7. The van der Waals surface area contributed by atoms with Crippen LogP contribution in [0.2, 0.25) is 0 Å². The molecule has 4 rings (SSSR count). The van der Waals surface area contributed by atoms with E-state index in [0.29, 0.717) is 16.9 Å². The van der Waals surface area contributed by atoms with Crippen molar-refractivity contribution in [2.75, 3.05) is 7.11 Å². The van der Waals surface area contributed by atoms with Crippen molar-refractivity contribution in [1.82, 2.24) is 0 Å². The first-order valence-electron chi connectivity index (χ1n) is 11.0. The molecule has 3 aromatic carbocycles. The summed E-state index contributed by atoms with van der Waals surface area (Å²) in [6, 6.07) is 15.4. The van der Waals surface area contributed by atoms with Gasteiger partial charge >= 0.3 is 12.1 Å². The van der Waals surface area contributed by atoms with Gasteiger partial charge in [-0.1, -0.05) is 24.3 Å². The summed E-state index contributed by atoms with van der Waals surface area (Å²) in [6.07, 6.45) is -2.36. The lowest BCUT2D eigenvalue weighted by atomic mass is 10.1. The van der Waals surface area contributed by atoms with E-state index in [-0.39, 0.29) is 16.9 Å². The second-order valence-corrected chi connectivity index (χ2v) is 8.14. The second kappa shape index (κ2) is 10.2. The van der Waals surface area contributed by atoms with Crippen LogP contribution in [0.3, 0.4) is 0 Å². The molecule has 0 bridgehead atoms. The fourth-order valence-corrected chi connectivity index (χ4v) is 3.46. The van der Waals surface area contributed by atoms with Crippen molar-refractivity contribution >= 4 is 23.0 Å². The molecule has 9 heteroatoms. The molecular formula is C28H21F3O6. The monoisotopic (exact) mass is 510 g/mol. The number of hydrogen-bond donors (Lipinski definition) is 0. The van der Waals surface area contributed by atoms with Crippen LogP contribution in [0.15, 0.2) is 76.0 Å². The highest BCUT2D eigenvalue weighted by Gasteiger charge is 2.40. The van der Waals surface area contributed by atoms with Crippen molar-refractivity contribution in [1.29, 1.82) is 0 Å². The van der Waals surface area contributed by atoms with Gasteiger partial charge in [-0.05, 0) is 66.9 Å². The summed E-state index contributed by atoms with van der Waals surface area (Å²) in [7, 11) is 1.53. The Hall–Kier alpha value is -4.53. The Morgan fingerprint density at radius 2 is 1.65 bits per heavy atom. The molecule has 0 aliphatic heterocycles. The summed E-state index contributed by atoms with van der Waals surface area (Å²) in [6.45, 7) is 3.39. The third-order valence-corrected chi connectivity index (χ3v) is 5.38. The van der Waals surface area contributed by atoms with Gasteiger partial charge in [0.2, 0.25) is 11.2 Å². The number of rotatable bonds is 6. The molecule has 1 heterocycles. The fraction of sp³-hybridized carbons (Fsp3) is 0.143. The maximum absolute atomic E-state index is 13.8. The SMILES string of the molecule is COc1ccc(/C=C/C(=O)Oc2ccc3c(=O)c(Oc4cc(C)ccc4C)c(C(F)(F)F)oc3c2)cc1. The molecule has 0 amide bonds. The summed E-state index contributed by atoms with van der Waals surface area (Å²) in [4.78, 5) is 25.3. The van der Waals surface area contributed by atoms with Crippen LogP contribution in [-0.4, -0.2) is 13.1 Å². The summed E-state index contributed by atoms with van der Waals surface area (Å²) in [5.41, 5.74) is 0.574. The molecule has 0 fully saturated rings. The van der Waals surface area contributed by atoms with Gasteiger partial charge in [0.25, 0.3) is 5.76 Å². The van der Waals surface area contributed by atoms with Gasteiger partial charge in [0, 0.05) is 12.1 Å². The number of carbonyl (C=O) groups excluding carboxylic acids is 1. The number of aryl methyl sites for hydroxylation is 2. The molecule has 0 spiro atoms. The molecule has 6 nitrogen and oxygen atoms in total. The summed E-state index contributed by atoms with van der Waals surface area (Å²) in [5, 5.41) is -0.165.